The van der Waals surface area contributed by atoms with Crippen LogP contribution < -0.4 is 21.3 Å². The summed E-state index contributed by atoms with van der Waals surface area (Å²) in [5, 5.41) is 11.9. The van der Waals surface area contributed by atoms with E-state index < -0.39 is 11.8 Å². The SMILES string of the molecule is C.C=CC(=O)Nc1ccccc1C(=O)Nc1cc(-c2cc3c([nH]2)C2(CCCNC2)CNC3=O)ccn1. The molecule has 5 rings (SSSR count). The molecular weight excluding hydrogens is 456 g/mol. The van der Waals surface area contributed by atoms with Gasteiger partial charge >= 0.3 is 0 Å². The van der Waals surface area contributed by atoms with E-state index in [2.05, 4.69) is 37.8 Å². The summed E-state index contributed by atoms with van der Waals surface area (Å²) in [5.41, 5.74) is 3.72. The van der Waals surface area contributed by atoms with Crippen LogP contribution in [0.5, 0.6) is 0 Å². The van der Waals surface area contributed by atoms with E-state index in [0.29, 0.717) is 29.2 Å². The first kappa shape index (κ1) is 24.9. The number of aromatic amines is 1. The molecule has 1 unspecified atom stereocenters. The number of amides is 3. The van der Waals surface area contributed by atoms with Crippen molar-refractivity contribution in [2.45, 2.75) is 25.7 Å². The van der Waals surface area contributed by atoms with Gasteiger partial charge in [-0.25, -0.2) is 4.98 Å². The molecule has 3 amide bonds. The molecule has 9 heteroatoms. The highest BCUT2D eigenvalue weighted by molar-refractivity contribution is 6.11. The third-order valence-electron chi connectivity index (χ3n) is 6.58. The van der Waals surface area contributed by atoms with Crippen LogP contribution in [0.3, 0.4) is 0 Å². The second kappa shape index (κ2) is 10.2. The molecule has 1 spiro atoms. The number of pyridine rings is 1. The molecule has 0 saturated carbocycles. The lowest BCUT2D eigenvalue weighted by Gasteiger charge is -2.40. The Kier molecular flexibility index (Phi) is 7.03. The molecule has 3 aromatic rings. The van der Waals surface area contributed by atoms with Gasteiger partial charge in [0, 0.05) is 41.7 Å². The Balaban J connectivity index is 0.00000304. The summed E-state index contributed by atoms with van der Waals surface area (Å²) in [6, 6.07) is 12.1. The Bertz CT molecular complexity index is 1320. The molecule has 0 aliphatic carbocycles. The van der Waals surface area contributed by atoms with E-state index in [-0.39, 0.29) is 18.7 Å². The lowest BCUT2D eigenvalue weighted by molar-refractivity contribution is -0.111. The number of rotatable bonds is 5. The molecule has 1 fully saturated rings. The van der Waals surface area contributed by atoms with Crippen LogP contribution in [0, 0.1) is 0 Å². The largest absolute Gasteiger partial charge is 0.357 e. The predicted molar refractivity (Wildman–Crippen MR) is 140 cm³/mol. The summed E-state index contributed by atoms with van der Waals surface area (Å²) in [7, 11) is 0. The van der Waals surface area contributed by atoms with Crippen molar-refractivity contribution in [3.05, 3.63) is 78.1 Å². The normalized spacial score (nSPS) is 18.4. The number of piperidine rings is 1. The summed E-state index contributed by atoms with van der Waals surface area (Å²) < 4.78 is 0. The number of H-pyrrole nitrogens is 1. The fourth-order valence-electron chi connectivity index (χ4n) is 4.80. The number of benzene rings is 1. The van der Waals surface area contributed by atoms with Crippen LogP contribution >= 0.6 is 0 Å². The van der Waals surface area contributed by atoms with Crippen molar-refractivity contribution in [2.75, 3.05) is 30.3 Å². The van der Waals surface area contributed by atoms with Gasteiger partial charge < -0.3 is 26.3 Å². The Morgan fingerprint density at radius 3 is 2.72 bits per heavy atom. The van der Waals surface area contributed by atoms with Crippen LogP contribution in [0.4, 0.5) is 11.5 Å². The highest BCUT2D eigenvalue weighted by Crippen LogP contribution is 2.37. The average Bonchev–Trinajstić information content (AvgIpc) is 3.35. The molecule has 9 nitrogen and oxygen atoms in total. The zero-order chi connectivity index (χ0) is 24.4. The maximum absolute atomic E-state index is 13.0. The molecule has 2 aliphatic rings. The molecule has 1 saturated heterocycles. The monoisotopic (exact) mass is 486 g/mol. The molecule has 2 aromatic heterocycles. The molecule has 2 aliphatic heterocycles. The third-order valence-corrected chi connectivity index (χ3v) is 6.58. The lowest BCUT2D eigenvalue weighted by atomic mass is 9.74. The molecule has 0 radical (unpaired) electrons. The minimum atomic E-state index is -0.410. The average molecular weight is 487 g/mol. The number of fused-ring (bicyclic) bond motifs is 2. The van der Waals surface area contributed by atoms with E-state index in [1.54, 1.807) is 36.5 Å². The molecule has 5 N–H and O–H groups in total. The molecule has 1 atom stereocenters. The number of hydrogen-bond donors (Lipinski definition) is 5. The lowest BCUT2D eigenvalue weighted by Crippen LogP contribution is -2.54. The highest BCUT2D eigenvalue weighted by Gasteiger charge is 2.42. The minimum absolute atomic E-state index is 0. The molecule has 1 aromatic carbocycles. The van der Waals surface area contributed by atoms with Gasteiger partial charge in [0.25, 0.3) is 11.8 Å². The molecule has 4 heterocycles. The zero-order valence-electron chi connectivity index (χ0n) is 19.1. The topological polar surface area (TPSA) is 128 Å². The standard InChI is InChI=1S/C26H26N6O3.CH4/c1-2-22(33)30-19-7-4-3-6-17(19)25(35)32-21-12-16(8-11-28-21)20-13-18-23(31-20)26(15-29-24(18)34)9-5-10-27-14-26;/h2-4,6-8,11-13,27,31H,1,5,9-10,14-15H2,(H,29,34)(H,30,33)(H,28,32,35);1H4. The van der Waals surface area contributed by atoms with Gasteiger partial charge in [-0.3, -0.25) is 14.4 Å². The number of para-hydroxylation sites is 1. The first-order chi connectivity index (χ1) is 17.0. The second-order valence-corrected chi connectivity index (χ2v) is 8.84. The fraction of sp³-hybridized carbons (Fsp3) is 0.259. The first-order valence-corrected chi connectivity index (χ1v) is 11.5. The van der Waals surface area contributed by atoms with Gasteiger partial charge in [0.05, 0.1) is 16.8 Å². The van der Waals surface area contributed by atoms with Gasteiger partial charge in [-0.2, -0.15) is 0 Å². The van der Waals surface area contributed by atoms with E-state index in [4.69, 9.17) is 0 Å². The van der Waals surface area contributed by atoms with Crippen LogP contribution in [0.2, 0.25) is 0 Å². The van der Waals surface area contributed by atoms with Crippen LogP contribution in [0.25, 0.3) is 11.3 Å². The van der Waals surface area contributed by atoms with Crippen molar-refractivity contribution in [3.63, 3.8) is 0 Å². The molecule has 186 valence electrons. The Morgan fingerprint density at radius 1 is 1.11 bits per heavy atom. The van der Waals surface area contributed by atoms with E-state index in [0.717, 1.165) is 49.0 Å². The minimum Gasteiger partial charge on any atom is -0.357 e. The van der Waals surface area contributed by atoms with Crippen LogP contribution in [-0.2, 0) is 10.2 Å². The fourth-order valence-corrected chi connectivity index (χ4v) is 4.80. The maximum Gasteiger partial charge on any atom is 0.258 e. The van der Waals surface area contributed by atoms with Crippen molar-refractivity contribution in [3.8, 4) is 11.3 Å². The molecule has 36 heavy (non-hydrogen) atoms. The van der Waals surface area contributed by atoms with Gasteiger partial charge in [0.2, 0.25) is 5.91 Å². The first-order valence-electron chi connectivity index (χ1n) is 11.5. The number of anilines is 2. The Labute approximate surface area is 209 Å². The number of nitrogens with zero attached hydrogens (tertiary/aromatic N) is 1. The molecule has 0 bridgehead atoms. The van der Waals surface area contributed by atoms with E-state index in [1.807, 2.05) is 12.1 Å². The quantitative estimate of drug-likeness (QED) is 0.353. The zero-order valence-corrected chi connectivity index (χ0v) is 19.1. The third kappa shape index (κ3) is 4.65. The Morgan fingerprint density at radius 2 is 1.94 bits per heavy atom. The summed E-state index contributed by atoms with van der Waals surface area (Å²) >= 11 is 0. The van der Waals surface area contributed by atoms with Gasteiger partial charge in [0.1, 0.15) is 5.82 Å². The number of carbonyl (C=O) groups excluding carboxylic acids is 3. The number of aromatic nitrogens is 2. The van der Waals surface area contributed by atoms with Gasteiger partial charge in [-0.05, 0) is 55.8 Å². The van der Waals surface area contributed by atoms with Crippen molar-refractivity contribution in [2.24, 2.45) is 0 Å². The van der Waals surface area contributed by atoms with Crippen LogP contribution in [-0.4, -0.2) is 47.3 Å². The summed E-state index contributed by atoms with van der Waals surface area (Å²) in [6.07, 6.45) is 4.79. The predicted octanol–water partition coefficient (Wildman–Crippen LogP) is 3.45. The van der Waals surface area contributed by atoms with Crippen LogP contribution in [0.1, 0.15) is 46.7 Å². The van der Waals surface area contributed by atoms with E-state index in [9.17, 15) is 14.4 Å². The van der Waals surface area contributed by atoms with Gasteiger partial charge in [0.15, 0.2) is 0 Å². The van der Waals surface area contributed by atoms with Crippen molar-refractivity contribution in [1.29, 1.82) is 0 Å². The summed E-state index contributed by atoms with van der Waals surface area (Å²) in [4.78, 5) is 45.1. The molecular formula is C27H30N6O3. The van der Waals surface area contributed by atoms with Crippen molar-refractivity contribution >= 4 is 29.2 Å². The van der Waals surface area contributed by atoms with Crippen LogP contribution in [0.15, 0.2) is 61.3 Å². The number of carbonyl (C=O) groups is 3. The smallest absolute Gasteiger partial charge is 0.258 e. The van der Waals surface area contributed by atoms with Crippen molar-refractivity contribution < 1.29 is 14.4 Å². The van der Waals surface area contributed by atoms with Gasteiger partial charge in [-0.1, -0.05) is 26.1 Å². The Hall–Kier alpha value is -4.24. The maximum atomic E-state index is 13.0. The summed E-state index contributed by atoms with van der Waals surface area (Å²) in [5.74, 6) is -0.550. The van der Waals surface area contributed by atoms with E-state index in [1.165, 1.54) is 0 Å². The van der Waals surface area contributed by atoms with Crippen molar-refractivity contribution in [1.82, 2.24) is 20.6 Å². The number of hydrogen-bond acceptors (Lipinski definition) is 5. The van der Waals surface area contributed by atoms with Gasteiger partial charge in [-0.15, -0.1) is 0 Å². The number of nitrogens with one attached hydrogen (secondary N) is 5. The summed E-state index contributed by atoms with van der Waals surface area (Å²) in [6.45, 7) is 5.83. The van der Waals surface area contributed by atoms with E-state index >= 15 is 0 Å². The second-order valence-electron chi connectivity index (χ2n) is 8.84. The highest BCUT2D eigenvalue weighted by atomic mass is 16.2.